The Kier molecular flexibility index (Phi) is 8.24. The molecule has 1 saturated heterocycles. The van der Waals surface area contributed by atoms with Gasteiger partial charge in [0.25, 0.3) is 0 Å². The monoisotopic (exact) mass is 388 g/mol. The van der Waals surface area contributed by atoms with Crippen LogP contribution in [0.3, 0.4) is 0 Å². The van der Waals surface area contributed by atoms with E-state index in [0.717, 1.165) is 17.3 Å². The Labute approximate surface area is 160 Å². The summed E-state index contributed by atoms with van der Waals surface area (Å²) in [7, 11) is 0. The van der Waals surface area contributed by atoms with Gasteiger partial charge in [0.2, 0.25) is 11.8 Å². The molecule has 0 radical (unpaired) electrons. The maximum Gasteiger partial charge on any atom is 0.303 e. The molecule has 2 amide bonds. The summed E-state index contributed by atoms with van der Waals surface area (Å²) >= 11 is 1.14. The molecule has 0 saturated carbocycles. The van der Waals surface area contributed by atoms with Gasteiger partial charge in [0.1, 0.15) is 5.25 Å². The lowest BCUT2D eigenvalue weighted by molar-refractivity contribution is -0.137. The van der Waals surface area contributed by atoms with Gasteiger partial charge < -0.3 is 15.7 Å². The summed E-state index contributed by atoms with van der Waals surface area (Å²) in [6.45, 7) is 0.267. The van der Waals surface area contributed by atoms with Crippen LogP contribution in [0.15, 0.2) is 46.6 Å². The summed E-state index contributed by atoms with van der Waals surface area (Å²) in [6, 6.07) is 9.72. The molecule has 1 aliphatic heterocycles. The molecule has 8 nitrogen and oxygen atoms in total. The fourth-order valence-corrected chi connectivity index (χ4v) is 3.06. The second-order valence-electron chi connectivity index (χ2n) is 5.59. The largest absolute Gasteiger partial charge is 0.481 e. The van der Waals surface area contributed by atoms with Gasteiger partial charge in [0.15, 0.2) is 5.17 Å². The Balaban J connectivity index is 1.74. The van der Waals surface area contributed by atoms with Crippen LogP contribution in [-0.2, 0) is 14.4 Å². The van der Waals surface area contributed by atoms with Gasteiger partial charge in [0.05, 0.1) is 0 Å². The number of hydrogen-bond acceptors (Lipinski definition) is 6. The van der Waals surface area contributed by atoms with Gasteiger partial charge in [-0.25, -0.2) is 0 Å². The van der Waals surface area contributed by atoms with Crippen molar-refractivity contribution in [1.29, 1.82) is 0 Å². The van der Waals surface area contributed by atoms with Crippen molar-refractivity contribution in [2.45, 2.75) is 24.5 Å². The number of nitrogens with one attached hydrogen (secondary N) is 2. The minimum atomic E-state index is -0.907. The highest BCUT2D eigenvalue weighted by atomic mass is 32.2. The number of carboxylic acids is 1. The van der Waals surface area contributed by atoms with Crippen molar-refractivity contribution in [3.8, 4) is 0 Å². The summed E-state index contributed by atoms with van der Waals surface area (Å²) in [5.74, 6) is -1.51. The van der Waals surface area contributed by atoms with Gasteiger partial charge in [-0.05, 0) is 18.1 Å². The SMILES string of the molecule is O=C(O)CCCNC(=O)C[C@H]1SC(=NN=C/C=C\c2ccccc2)NC1=O. The molecule has 27 heavy (non-hydrogen) atoms. The molecule has 1 heterocycles. The first kappa shape index (κ1) is 20.4. The Morgan fingerprint density at radius 1 is 1.30 bits per heavy atom. The summed E-state index contributed by atoms with van der Waals surface area (Å²) < 4.78 is 0. The third kappa shape index (κ3) is 7.87. The average Bonchev–Trinajstić information content (AvgIpc) is 2.98. The summed E-state index contributed by atoms with van der Waals surface area (Å²) in [5, 5.41) is 21.3. The fourth-order valence-electron chi connectivity index (χ4n) is 2.14. The zero-order valence-corrected chi connectivity index (χ0v) is 15.3. The minimum absolute atomic E-state index is 0.000214. The molecule has 1 aromatic carbocycles. The number of amides is 2. The summed E-state index contributed by atoms with van der Waals surface area (Å²) in [6.07, 6.45) is 5.47. The van der Waals surface area contributed by atoms with E-state index in [1.807, 2.05) is 36.4 Å². The van der Waals surface area contributed by atoms with E-state index in [-0.39, 0.29) is 31.2 Å². The summed E-state index contributed by atoms with van der Waals surface area (Å²) in [4.78, 5) is 34.1. The number of allylic oxidation sites excluding steroid dienone is 1. The number of benzene rings is 1. The lowest BCUT2D eigenvalue weighted by Crippen LogP contribution is -2.31. The molecule has 2 rings (SSSR count). The van der Waals surface area contributed by atoms with Crippen LogP contribution in [0.2, 0.25) is 0 Å². The second-order valence-corrected chi connectivity index (χ2v) is 6.78. The third-order valence-corrected chi connectivity index (χ3v) is 4.50. The van der Waals surface area contributed by atoms with Crippen molar-refractivity contribution in [3.05, 3.63) is 42.0 Å². The average molecular weight is 388 g/mol. The first-order chi connectivity index (χ1) is 13.0. The molecule has 9 heteroatoms. The van der Waals surface area contributed by atoms with Crippen LogP contribution in [0.4, 0.5) is 0 Å². The van der Waals surface area contributed by atoms with E-state index in [1.165, 1.54) is 6.21 Å². The Morgan fingerprint density at radius 3 is 2.81 bits per heavy atom. The molecule has 1 aromatic rings. The Bertz CT molecular complexity index is 762. The quantitative estimate of drug-likeness (QED) is 0.337. The number of aliphatic carboxylic acids is 1. The van der Waals surface area contributed by atoms with Crippen molar-refractivity contribution in [2.24, 2.45) is 10.2 Å². The molecular weight excluding hydrogens is 368 g/mol. The first-order valence-electron chi connectivity index (χ1n) is 8.33. The second kappa shape index (κ2) is 10.9. The normalized spacial score (nSPS) is 18.3. The zero-order valence-electron chi connectivity index (χ0n) is 14.5. The van der Waals surface area contributed by atoms with Crippen molar-refractivity contribution in [1.82, 2.24) is 10.6 Å². The third-order valence-electron chi connectivity index (χ3n) is 3.43. The van der Waals surface area contributed by atoms with Crippen LogP contribution in [-0.4, -0.2) is 46.1 Å². The maximum absolute atomic E-state index is 11.9. The van der Waals surface area contributed by atoms with Gasteiger partial charge in [-0.3, -0.25) is 14.4 Å². The highest BCUT2D eigenvalue weighted by Crippen LogP contribution is 2.22. The topological polar surface area (TPSA) is 120 Å². The van der Waals surface area contributed by atoms with Crippen LogP contribution in [0.5, 0.6) is 0 Å². The number of amidine groups is 1. The predicted molar refractivity (Wildman–Crippen MR) is 105 cm³/mol. The zero-order chi connectivity index (χ0) is 19.5. The number of carbonyl (C=O) groups is 3. The smallest absolute Gasteiger partial charge is 0.303 e. The van der Waals surface area contributed by atoms with E-state index >= 15 is 0 Å². The van der Waals surface area contributed by atoms with Crippen LogP contribution < -0.4 is 10.6 Å². The molecule has 0 spiro atoms. The molecular formula is C18H20N4O4S. The number of hydrogen-bond donors (Lipinski definition) is 3. The van der Waals surface area contributed by atoms with Gasteiger partial charge in [-0.1, -0.05) is 48.2 Å². The molecule has 1 atom stereocenters. The van der Waals surface area contributed by atoms with Crippen LogP contribution in [0.1, 0.15) is 24.8 Å². The van der Waals surface area contributed by atoms with Crippen molar-refractivity contribution in [2.75, 3.05) is 6.54 Å². The Hall–Kier alpha value is -2.94. The van der Waals surface area contributed by atoms with Crippen molar-refractivity contribution < 1.29 is 19.5 Å². The van der Waals surface area contributed by atoms with Crippen molar-refractivity contribution in [3.63, 3.8) is 0 Å². The maximum atomic E-state index is 11.9. The lowest BCUT2D eigenvalue weighted by atomic mass is 10.2. The van der Waals surface area contributed by atoms with Gasteiger partial charge >= 0.3 is 5.97 Å². The van der Waals surface area contributed by atoms with E-state index in [2.05, 4.69) is 20.8 Å². The first-order valence-corrected chi connectivity index (χ1v) is 9.21. The molecule has 3 N–H and O–H groups in total. The van der Waals surface area contributed by atoms with Gasteiger partial charge in [-0.15, -0.1) is 5.10 Å². The highest BCUT2D eigenvalue weighted by molar-refractivity contribution is 8.15. The number of carboxylic acid groups (broad SMARTS) is 1. The summed E-state index contributed by atoms with van der Waals surface area (Å²) in [5.41, 5.74) is 1.04. The Morgan fingerprint density at radius 2 is 2.07 bits per heavy atom. The van der Waals surface area contributed by atoms with Gasteiger partial charge in [0, 0.05) is 25.6 Å². The lowest BCUT2D eigenvalue weighted by Gasteiger charge is -2.06. The van der Waals surface area contributed by atoms with E-state index in [1.54, 1.807) is 6.08 Å². The van der Waals surface area contributed by atoms with E-state index in [4.69, 9.17) is 5.11 Å². The molecule has 0 aliphatic carbocycles. The minimum Gasteiger partial charge on any atom is -0.481 e. The predicted octanol–water partition coefficient (Wildman–Crippen LogP) is 1.64. The molecule has 142 valence electrons. The van der Waals surface area contributed by atoms with E-state index in [9.17, 15) is 14.4 Å². The fraction of sp³-hybridized carbons (Fsp3) is 0.278. The highest BCUT2D eigenvalue weighted by Gasteiger charge is 2.32. The molecule has 1 aliphatic rings. The van der Waals surface area contributed by atoms with E-state index in [0.29, 0.717) is 11.6 Å². The number of thioether (sulfide) groups is 1. The van der Waals surface area contributed by atoms with Crippen molar-refractivity contribution >= 4 is 47.0 Å². The number of carbonyl (C=O) groups excluding carboxylic acids is 2. The van der Waals surface area contributed by atoms with Gasteiger partial charge in [-0.2, -0.15) is 5.10 Å². The van der Waals surface area contributed by atoms with Crippen LogP contribution in [0.25, 0.3) is 6.08 Å². The number of nitrogens with zero attached hydrogens (tertiary/aromatic N) is 2. The molecule has 0 unspecified atom stereocenters. The standard InChI is InChI=1S/C18H20N4O4S/c23-15(19-10-5-9-16(24)25)12-14-17(26)21-18(27-14)22-20-11-4-8-13-6-2-1-3-7-13/h1-4,6-8,11,14H,5,9-10,12H2,(H,19,23)(H,24,25)(H,21,22,26)/b8-4-,20-11?/t14-/m1/s1. The van der Waals surface area contributed by atoms with E-state index < -0.39 is 11.2 Å². The van der Waals surface area contributed by atoms with Crippen LogP contribution >= 0.6 is 11.8 Å². The molecule has 0 aromatic heterocycles. The number of rotatable bonds is 9. The van der Waals surface area contributed by atoms with Crippen LogP contribution in [0, 0.1) is 0 Å². The molecule has 1 fully saturated rings. The molecule has 0 bridgehead atoms.